The Labute approximate surface area is 149 Å². The fourth-order valence-corrected chi connectivity index (χ4v) is 2.41. The maximum absolute atomic E-state index is 13.2. The third-order valence-corrected chi connectivity index (χ3v) is 3.81. The minimum Gasteiger partial charge on any atom is -0.366 e. The van der Waals surface area contributed by atoms with Gasteiger partial charge >= 0.3 is 0 Å². The molecule has 2 aromatic carbocycles. The van der Waals surface area contributed by atoms with E-state index in [9.17, 15) is 9.18 Å². The zero-order chi connectivity index (χ0) is 17.6. The summed E-state index contributed by atoms with van der Waals surface area (Å²) in [4.78, 5) is 16.5. The first-order valence-electron chi connectivity index (χ1n) is 7.62. The van der Waals surface area contributed by atoms with Gasteiger partial charge in [-0.1, -0.05) is 41.9 Å². The van der Waals surface area contributed by atoms with E-state index in [0.29, 0.717) is 23.6 Å². The van der Waals surface area contributed by atoms with Gasteiger partial charge in [-0.15, -0.1) is 0 Å². The van der Waals surface area contributed by atoms with Crippen molar-refractivity contribution < 1.29 is 9.18 Å². The third-order valence-electron chi connectivity index (χ3n) is 3.52. The van der Waals surface area contributed by atoms with Crippen molar-refractivity contribution in [2.45, 2.75) is 6.54 Å². The molecule has 0 atom stereocenters. The van der Waals surface area contributed by atoms with Gasteiger partial charge in [-0.2, -0.15) is 0 Å². The van der Waals surface area contributed by atoms with Crippen molar-refractivity contribution in [2.75, 3.05) is 10.6 Å². The van der Waals surface area contributed by atoms with E-state index in [1.165, 1.54) is 18.2 Å². The summed E-state index contributed by atoms with van der Waals surface area (Å²) in [6, 6.07) is 17.2. The highest BCUT2D eigenvalue weighted by atomic mass is 35.5. The Bertz CT molecular complexity index is 887. The summed E-state index contributed by atoms with van der Waals surface area (Å²) >= 11 is 5.72. The van der Waals surface area contributed by atoms with Gasteiger partial charge < -0.3 is 10.6 Å². The highest BCUT2D eigenvalue weighted by Gasteiger charge is 2.09. The number of nitrogens with zero attached hydrogens (tertiary/aromatic N) is 1. The summed E-state index contributed by atoms with van der Waals surface area (Å²) in [6.45, 7) is 0.604. The molecule has 0 fully saturated rings. The van der Waals surface area contributed by atoms with Crippen LogP contribution in [0.5, 0.6) is 0 Å². The number of halogens is 2. The number of aromatic nitrogens is 1. The lowest BCUT2D eigenvalue weighted by Gasteiger charge is -2.09. The van der Waals surface area contributed by atoms with Gasteiger partial charge in [-0.25, -0.2) is 9.37 Å². The van der Waals surface area contributed by atoms with Crippen LogP contribution in [0.2, 0.25) is 5.02 Å². The smallest absolute Gasteiger partial charge is 0.255 e. The molecule has 0 radical (unpaired) electrons. The van der Waals surface area contributed by atoms with E-state index in [1.807, 2.05) is 30.3 Å². The van der Waals surface area contributed by atoms with E-state index in [0.717, 1.165) is 5.56 Å². The first-order valence-corrected chi connectivity index (χ1v) is 8.00. The number of amides is 1. The number of benzene rings is 2. The quantitative estimate of drug-likeness (QED) is 0.695. The van der Waals surface area contributed by atoms with E-state index in [1.54, 1.807) is 18.3 Å². The summed E-state index contributed by atoms with van der Waals surface area (Å²) in [5.74, 6) is -0.266. The lowest BCUT2D eigenvalue weighted by molar-refractivity contribution is 0.102. The molecule has 0 aliphatic heterocycles. The van der Waals surface area contributed by atoms with Crippen molar-refractivity contribution >= 4 is 29.0 Å². The van der Waals surface area contributed by atoms with Crippen molar-refractivity contribution in [2.24, 2.45) is 0 Å². The Morgan fingerprint density at radius 2 is 1.88 bits per heavy atom. The summed E-state index contributed by atoms with van der Waals surface area (Å²) in [7, 11) is 0. The van der Waals surface area contributed by atoms with Crippen LogP contribution < -0.4 is 10.6 Å². The number of carbonyl (C=O) groups excluding carboxylic acids is 1. The predicted molar refractivity (Wildman–Crippen MR) is 97.4 cm³/mol. The van der Waals surface area contributed by atoms with Gasteiger partial charge in [0.25, 0.3) is 5.91 Å². The molecular weight excluding hydrogens is 341 g/mol. The zero-order valence-electron chi connectivity index (χ0n) is 13.2. The van der Waals surface area contributed by atoms with Crippen LogP contribution in [0.4, 0.5) is 15.9 Å². The molecule has 126 valence electrons. The van der Waals surface area contributed by atoms with Gasteiger partial charge in [0.2, 0.25) is 0 Å². The van der Waals surface area contributed by atoms with Crippen LogP contribution in [0, 0.1) is 5.82 Å². The van der Waals surface area contributed by atoms with Gasteiger partial charge in [-0.05, 0) is 35.9 Å². The molecule has 0 aliphatic carbocycles. The van der Waals surface area contributed by atoms with E-state index < -0.39 is 5.82 Å². The fraction of sp³-hybridized carbons (Fsp3) is 0.0526. The maximum atomic E-state index is 13.2. The molecule has 2 N–H and O–H groups in total. The minimum absolute atomic E-state index is 0.0438. The number of hydrogen-bond donors (Lipinski definition) is 2. The number of rotatable bonds is 5. The standard InChI is InChI=1S/C19H15ClFN3O/c20-16-11-15(6-7-17(16)21)24-19(25)14-8-9-22-18(10-14)23-12-13-4-2-1-3-5-13/h1-11H,12H2,(H,22,23)(H,24,25). The van der Waals surface area contributed by atoms with Crippen LogP contribution in [-0.4, -0.2) is 10.9 Å². The third kappa shape index (κ3) is 4.55. The molecule has 3 aromatic rings. The second-order valence-electron chi connectivity index (χ2n) is 5.35. The number of pyridine rings is 1. The summed E-state index contributed by atoms with van der Waals surface area (Å²) < 4.78 is 13.2. The molecule has 0 saturated heterocycles. The Hall–Kier alpha value is -2.92. The Kier molecular flexibility index (Phi) is 5.26. The van der Waals surface area contributed by atoms with Crippen molar-refractivity contribution in [3.05, 3.63) is 88.8 Å². The highest BCUT2D eigenvalue weighted by Crippen LogP contribution is 2.20. The van der Waals surface area contributed by atoms with Crippen LogP contribution in [0.25, 0.3) is 0 Å². The Morgan fingerprint density at radius 3 is 2.64 bits per heavy atom. The summed E-state index contributed by atoms with van der Waals surface area (Å²) in [6.07, 6.45) is 1.56. The molecule has 1 aromatic heterocycles. The van der Waals surface area contributed by atoms with Gasteiger partial charge in [0.15, 0.2) is 0 Å². The molecule has 1 heterocycles. The van der Waals surface area contributed by atoms with Crippen LogP contribution in [0.1, 0.15) is 15.9 Å². The molecule has 0 unspecified atom stereocenters. The van der Waals surface area contributed by atoms with Crippen molar-refractivity contribution in [3.63, 3.8) is 0 Å². The van der Waals surface area contributed by atoms with Gasteiger partial charge in [-0.3, -0.25) is 4.79 Å². The Balaban J connectivity index is 1.67. The highest BCUT2D eigenvalue weighted by molar-refractivity contribution is 6.31. The van der Waals surface area contributed by atoms with Crippen LogP contribution in [0.15, 0.2) is 66.9 Å². The maximum Gasteiger partial charge on any atom is 0.255 e. The molecular formula is C19H15ClFN3O. The van der Waals surface area contributed by atoms with Gasteiger partial charge in [0.1, 0.15) is 11.6 Å². The van der Waals surface area contributed by atoms with E-state index in [4.69, 9.17) is 11.6 Å². The first kappa shape index (κ1) is 16.9. The van der Waals surface area contributed by atoms with Crippen molar-refractivity contribution in [1.82, 2.24) is 4.98 Å². The van der Waals surface area contributed by atoms with E-state index in [-0.39, 0.29) is 10.9 Å². The van der Waals surface area contributed by atoms with Crippen LogP contribution in [-0.2, 0) is 6.54 Å². The van der Waals surface area contributed by atoms with Crippen LogP contribution in [0.3, 0.4) is 0 Å². The SMILES string of the molecule is O=C(Nc1ccc(F)c(Cl)c1)c1ccnc(NCc2ccccc2)c1. The second-order valence-corrected chi connectivity index (χ2v) is 5.76. The second kappa shape index (κ2) is 7.77. The number of hydrogen-bond acceptors (Lipinski definition) is 3. The molecule has 0 spiro atoms. The van der Waals surface area contributed by atoms with Crippen molar-refractivity contribution in [3.8, 4) is 0 Å². The number of anilines is 2. The average Bonchev–Trinajstić information content (AvgIpc) is 2.64. The van der Waals surface area contributed by atoms with Gasteiger partial charge in [0.05, 0.1) is 5.02 Å². The molecule has 25 heavy (non-hydrogen) atoms. The fourth-order valence-electron chi connectivity index (χ4n) is 2.23. The molecule has 0 bridgehead atoms. The lowest BCUT2D eigenvalue weighted by atomic mass is 10.2. The minimum atomic E-state index is -0.532. The average molecular weight is 356 g/mol. The molecule has 0 aliphatic rings. The molecule has 1 amide bonds. The number of carbonyl (C=O) groups is 1. The van der Waals surface area contributed by atoms with E-state index in [2.05, 4.69) is 15.6 Å². The first-order chi connectivity index (χ1) is 12.1. The lowest BCUT2D eigenvalue weighted by Crippen LogP contribution is -2.13. The van der Waals surface area contributed by atoms with E-state index >= 15 is 0 Å². The monoisotopic (exact) mass is 355 g/mol. The summed E-state index contributed by atoms with van der Waals surface area (Å²) in [5.41, 5.74) is 1.97. The van der Waals surface area contributed by atoms with Gasteiger partial charge in [0, 0.05) is 24.0 Å². The Morgan fingerprint density at radius 1 is 1.08 bits per heavy atom. The zero-order valence-corrected chi connectivity index (χ0v) is 13.9. The molecule has 6 heteroatoms. The predicted octanol–water partition coefficient (Wildman–Crippen LogP) is 4.74. The molecule has 4 nitrogen and oxygen atoms in total. The van der Waals surface area contributed by atoms with Crippen molar-refractivity contribution in [1.29, 1.82) is 0 Å². The number of nitrogens with one attached hydrogen (secondary N) is 2. The van der Waals surface area contributed by atoms with Crippen LogP contribution >= 0.6 is 11.6 Å². The normalized spacial score (nSPS) is 10.3. The molecule has 0 saturated carbocycles. The topological polar surface area (TPSA) is 54.0 Å². The summed E-state index contributed by atoms with van der Waals surface area (Å²) in [5, 5.41) is 5.81. The molecule has 3 rings (SSSR count). The largest absolute Gasteiger partial charge is 0.366 e.